The third-order valence-corrected chi connectivity index (χ3v) is 3.59. The minimum Gasteiger partial charge on any atom is -0.370 e. The summed E-state index contributed by atoms with van der Waals surface area (Å²) in [7, 11) is 0. The number of hydrogen-bond acceptors (Lipinski definition) is 6. The number of aromatic nitrogens is 3. The fourth-order valence-electron chi connectivity index (χ4n) is 1.84. The molecule has 2 aromatic rings. The lowest BCUT2D eigenvalue weighted by Gasteiger charge is -2.11. The van der Waals surface area contributed by atoms with Crippen LogP contribution in [0.4, 0.5) is 11.6 Å². The number of thioether (sulfide) groups is 1. The molecule has 112 valence electrons. The van der Waals surface area contributed by atoms with Crippen molar-refractivity contribution in [3.63, 3.8) is 0 Å². The molecule has 0 aromatic carbocycles. The summed E-state index contributed by atoms with van der Waals surface area (Å²) >= 11 is 1.54. The number of nitrogens with one attached hydrogen (secondary N) is 2. The summed E-state index contributed by atoms with van der Waals surface area (Å²) in [5, 5.41) is 7.43. The molecule has 0 aliphatic carbocycles. The van der Waals surface area contributed by atoms with Gasteiger partial charge in [0.2, 0.25) is 0 Å². The quantitative estimate of drug-likeness (QED) is 0.604. The molecular weight excluding hydrogens is 282 g/mol. The molecule has 2 N–H and O–H groups in total. The van der Waals surface area contributed by atoms with Gasteiger partial charge >= 0.3 is 0 Å². The molecule has 2 rings (SSSR count). The van der Waals surface area contributed by atoms with Crippen molar-refractivity contribution in [2.75, 3.05) is 23.4 Å². The van der Waals surface area contributed by atoms with Gasteiger partial charge in [0, 0.05) is 31.5 Å². The van der Waals surface area contributed by atoms with Crippen LogP contribution in [0.3, 0.4) is 0 Å². The zero-order valence-corrected chi connectivity index (χ0v) is 13.5. The van der Waals surface area contributed by atoms with Gasteiger partial charge in [-0.25, -0.2) is 9.97 Å². The molecule has 6 heteroatoms. The first kappa shape index (κ1) is 15.6. The van der Waals surface area contributed by atoms with Gasteiger partial charge in [0.1, 0.15) is 11.6 Å². The molecule has 0 radical (unpaired) electrons. The molecule has 2 heterocycles. The standard InChI is InChI=1S/C15H21N5S/c1-4-6-17-13-8-14(20-15(19-13)21-3)18-10-12-5-7-16-9-11(12)2/h5,7-9H,4,6,10H2,1-3H3,(H2,17,18,19,20). The fraction of sp³-hybridized carbons (Fsp3) is 0.400. The Labute approximate surface area is 130 Å². The second-order valence-corrected chi connectivity index (χ2v) is 5.48. The van der Waals surface area contributed by atoms with Crippen LogP contribution in [-0.4, -0.2) is 27.8 Å². The van der Waals surface area contributed by atoms with E-state index in [0.717, 1.165) is 36.3 Å². The van der Waals surface area contributed by atoms with Gasteiger partial charge in [0.15, 0.2) is 5.16 Å². The average Bonchev–Trinajstić information content (AvgIpc) is 2.52. The first-order valence-electron chi connectivity index (χ1n) is 7.03. The highest BCUT2D eigenvalue weighted by Crippen LogP contribution is 2.18. The Hall–Kier alpha value is -1.82. The summed E-state index contributed by atoms with van der Waals surface area (Å²) in [5.74, 6) is 1.70. The fourth-order valence-corrected chi connectivity index (χ4v) is 2.22. The predicted molar refractivity (Wildman–Crippen MR) is 88.9 cm³/mol. The summed E-state index contributed by atoms with van der Waals surface area (Å²) in [6.45, 7) is 5.83. The first-order chi connectivity index (χ1) is 10.2. The summed E-state index contributed by atoms with van der Waals surface area (Å²) in [4.78, 5) is 13.1. The highest BCUT2D eigenvalue weighted by molar-refractivity contribution is 7.98. The maximum absolute atomic E-state index is 4.49. The summed E-state index contributed by atoms with van der Waals surface area (Å²) in [5.41, 5.74) is 2.39. The molecule has 0 atom stereocenters. The van der Waals surface area contributed by atoms with Crippen LogP contribution in [0.2, 0.25) is 0 Å². The van der Waals surface area contributed by atoms with Crippen LogP contribution < -0.4 is 10.6 Å². The minimum absolute atomic E-state index is 0.729. The van der Waals surface area contributed by atoms with Crippen molar-refractivity contribution in [2.24, 2.45) is 0 Å². The number of hydrogen-bond donors (Lipinski definition) is 2. The normalized spacial score (nSPS) is 10.4. The third kappa shape index (κ3) is 4.60. The molecule has 0 saturated heterocycles. The molecule has 0 amide bonds. The van der Waals surface area contributed by atoms with Crippen molar-refractivity contribution in [1.29, 1.82) is 0 Å². The van der Waals surface area contributed by atoms with E-state index < -0.39 is 0 Å². The molecule has 21 heavy (non-hydrogen) atoms. The van der Waals surface area contributed by atoms with E-state index in [1.54, 1.807) is 11.8 Å². The maximum atomic E-state index is 4.49. The van der Waals surface area contributed by atoms with Gasteiger partial charge in [-0.15, -0.1) is 0 Å². The molecular formula is C15H21N5S. The number of pyridine rings is 1. The number of aryl methyl sites for hydroxylation is 1. The van der Waals surface area contributed by atoms with Crippen LogP contribution in [0.15, 0.2) is 29.7 Å². The van der Waals surface area contributed by atoms with Crippen molar-refractivity contribution >= 4 is 23.4 Å². The van der Waals surface area contributed by atoms with E-state index in [2.05, 4.69) is 39.4 Å². The molecule has 2 aromatic heterocycles. The Morgan fingerprint density at radius 1 is 1.19 bits per heavy atom. The van der Waals surface area contributed by atoms with Crippen LogP contribution in [0.1, 0.15) is 24.5 Å². The van der Waals surface area contributed by atoms with E-state index in [1.165, 1.54) is 11.1 Å². The second-order valence-electron chi connectivity index (χ2n) is 4.71. The van der Waals surface area contributed by atoms with Crippen LogP contribution in [0.25, 0.3) is 0 Å². The summed E-state index contributed by atoms with van der Waals surface area (Å²) in [6, 6.07) is 3.97. The Bertz CT molecular complexity index is 588. The number of rotatable bonds is 7. The predicted octanol–water partition coefficient (Wildman–Crippen LogP) is 3.34. The monoisotopic (exact) mass is 303 g/mol. The van der Waals surface area contributed by atoms with Gasteiger partial charge in [0.05, 0.1) is 0 Å². The van der Waals surface area contributed by atoms with E-state index in [-0.39, 0.29) is 0 Å². The van der Waals surface area contributed by atoms with Crippen molar-refractivity contribution in [1.82, 2.24) is 15.0 Å². The molecule has 0 saturated carbocycles. The molecule has 0 unspecified atom stereocenters. The van der Waals surface area contributed by atoms with E-state index in [1.807, 2.05) is 30.8 Å². The third-order valence-electron chi connectivity index (χ3n) is 3.04. The van der Waals surface area contributed by atoms with Gasteiger partial charge in [-0.1, -0.05) is 18.7 Å². The van der Waals surface area contributed by atoms with E-state index in [0.29, 0.717) is 0 Å². The van der Waals surface area contributed by atoms with Gasteiger partial charge < -0.3 is 10.6 Å². The van der Waals surface area contributed by atoms with Crippen LogP contribution >= 0.6 is 11.8 Å². The van der Waals surface area contributed by atoms with Crippen LogP contribution in [0.5, 0.6) is 0 Å². The topological polar surface area (TPSA) is 62.7 Å². The molecule has 0 spiro atoms. The number of nitrogens with zero attached hydrogens (tertiary/aromatic N) is 3. The van der Waals surface area contributed by atoms with Crippen LogP contribution in [-0.2, 0) is 6.54 Å². The van der Waals surface area contributed by atoms with Gasteiger partial charge in [-0.3, -0.25) is 4.98 Å². The lowest BCUT2D eigenvalue weighted by atomic mass is 10.1. The Morgan fingerprint density at radius 2 is 1.95 bits per heavy atom. The maximum Gasteiger partial charge on any atom is 0.191 e. The van der Waals surface area contributed by atoms with E-state index in [9.17, 15) is 0 Å². The second kappa shape index (κ2) is 7.83. The molecule has 5 nitrogen and oxygen atoms in total. The average molecular weight is 303 g/mol. The minimum atomic E-state index is 0.729. The summed E-state index contributed by atoms with van der Waals surface area (Å²) < 4.78 is 0. The van der Waals surface area contributed by atoms with Crippen molar-refractivity contribution in [2.45, 2.75) is 32.0 Å². The van der Waals surface area contributed by atoms with Crippen LogP contribution in [0, 0.1) is 6.92 Å². The Morgan fingerprint density at radius 3 is 2.62 bits per heavy atom. The number of anilines is 2. The van der Waals surface area contributed by atoms with Gasteiger partial charge in [-0.2, -0.15) is 0 Å². The molecule has 0 aliphatic heterocycles. The highest BCUT2D eigenvalue weighted by atomic mass is 32.2. The highest BCUT2D eigenvalue weighted by Gasteiger charge is 2.04. The van der Waals surface area contributed by atoms with E-state index in [4.69, 9.17) is 0 Å². The van der Waals surface area contributed by atoms with Gasteiger partial charge in [0.25, 0.3) is 0 Å². The van der Waals surface area contributed by atoms with Crippen molar-refractivity contribution in [3.8, 4) is 0 Å². The SMILES string of the molecule is CCCNc1cc(NCc2ccncc2C)nc(SC)n1. The largest absolute Gasteiger partial charge is 0.370 e. The first-order valence-corrected chi connectivity index (χ1v) is 8.25. The zero-order valence-electron chi connectivity index (χ0n) is 12.7. The summed E-state index contributed by atoms with van der Waals surface area (Å²) in [6.07, 6.45) is 6.73. The molecule has 0 aliphatic rings. The Balaban J connectivity index is 2.09. The lowest BCUT2D eigenvalue weighted by Crippen LogP contribution is -2.07. The smallest absolute Gasteiger partial charge is 0.191 e. The molecule has 0 bridgehead atoms. The zero-order chi connectivity index (χ0) is 15.1. The van der Waals surface area contributed by atoms with E-state index >= 15 is 0 Å². The molecule has 0 fully saturated rings. The van der Waals surface area contributed by atoms with Crippen molar-refractivity contribution < 1.29 is 0 Å². The van der Waals surface area contributed by atoms with Gasteiger partial charge in [-0.05, 0) is 36.8 Å². The Kier molecular flexibility index (Phi) is 5.80. The lowest BCUT2D eigenvalue weighted by molar-refractivity contribution is 0.921. The van der Waals surface area contributed by atoms with Crippen molar-refractivity contribution in [3.05, 3.63) is 35.7 Å².